The zero-order valence-electron chi connectivity index (χ0n) is 10.6. The fourth-order valence-electron chi connectivity index (χ4n) is 1.68. The van der Waals surface area contributed by atoms with Crippen molar-refractivity contribution in [3.63, 3.8) is 0 Å². The van der Waals surface area contributed by atoms with Gasteiger partial charge in [0, 0.05) is 0 Å². The summed E-state index contributed by atoms with van der Waals surface area (Å²) in [6.07, 6.45) is 1.49. The molecular formula is C8H18N4O6S. The molecule has 0 aromatic rings. The molecule has 1 aliphatic heterocycles. The minimum atomic E-state index is -3.60. The summed E-state index contributed by atoms with van der Waals surface area (Å²) in [6.45, 7) is 0.0561. The van der Waals surface area contributed by atoms with Crippen LogP contribution in [0.25, 0.3) is 0 Å². The molecule has 10 nitrogen and oxygen atoms in total. The lowest BCUT2D eigenvalue weighted by Gasteiger charge is -2.17. The number of hydrazine groups is 1. The minimum absolute atomic E-state index is 0.138. The third-order valence-corrected chi connectivity index (χ3v) is 3.68. The van der Waals surface area contributed by atoms with E-state index in [-0.39, 0.29) is 30.0 Å². The van der Waals surface area contributed by atoms with Gasteiger partial charge >= 0.3 is 0 Å². The molecule has 1 atom stereocenters. The van der Waals surface area contributed by atoms with Crippen molar-refractivity contribution >= 4 is 10.0 Å². The molecule has 11 heteroatoms. The number of rotatable bonds is 8. The Morgan fingerprint density at radius 2 is 2.37 bits per heavy atom. The quantitative estimate of drug-likeness (QED) is 0.248. The topological polar surface area (TPSA) is 127 Å². The summed E-state index contributed by atoms with van der Waals surface area (Å²) in [4.78, 5) is 10.9. The van der Waals surface area contributed by atoms with E-state index in [4.69, 9.17) is 5.11 Å². The monoisotopic (exact) mass is 298 g/mol. The second-order valence-electron chi connectivity index (χ2n) is 3.92. The molecule has 1 rings (SSSR count). The fourth-order valence-corrected chi connectivity index (χ4v) is 2.32. The number of hydrogen-bond acceptors (Lipinski definition) is 7. The van der Waals surface area contributed by atoms with E-state index >= 15 is 0 Å². The highest BCUT2D eigenvalue weighted by atomic mass is 32.2. The first-order valence-electron chi connectivity index (χ1n) is 5.70. The zero-order valence-corrected chi connectivity index (χ0v) is 11.4. The Morgan fingerprint density at radius 3 is 3.00 bits per heavy atom. The summed E-state index contributed by atoms with van der Waals surface area (Å²) in [6, 6.07) is -0.274. The highest BCUT2D eigenvalue weighted by Gasteiger charge is 2.30. The lowest BCUT2D eigenvalue weighted by Crippen LogP contribution is -2.37. The summed E-state index contributed by atoms with van der Waals surface area (Å²) in [5.41, 5.74) is 0. The van der Waals surface area contributed by atoms with Crippen LogP contribution in [0, 0.1) is 5.21 Å². The standard InChI is InChI=1S/C8H18N4O6S/c1-17-10-19(15,16)6-5-18-9-12(14)11-4-2-3-8(11)7-13/h8,10,13H,2-7H2,1H3/b12-9-/t8-/m0/s1. The smallest absolute Gasteiger partial charge is 0.236 e. The van der Waals surface area contributed by atoms with Gasteiger partial charge in [0.2, 0.25) is 15.3 Å². The highest BCUT2D eigenvalue weighted by molar-refractivity contribution is 7.89. The predicted molar refractivity (Wildman–Crippen MR) is 62.8 cm³/mol. The van der Waals surface area contributed by atoms with E-state index in [0.29, 0.717) is 13.0 Å². The Labute approximate surface area is 111 Å². The minimum Gasteiger partial charge on any atom is -0.569 e. The van der Waals surface area contributed by atoms with Crippen molar-refractivity contribution in [2.24, 2.45) is 5.28 Å². The van der Waals surface area contributed by atoms with Crippen molar-refractivity contribution in [3.05, 3.63) is 5.21 Å². The van der Waals surface area contributed by atoms with Crippen LogP contribution in [0.2, 0.25) is 0 Å². The molecule has 1 fully saturated rings. The molecule has 0 radical (unpaired) electrons. The van der Waals surface area contributed by atoms with Gasteiger partial charge in [0.05, 0.1) is 25.2 Å². The lowest BCUT2D eigenvalue weighted by molar-refractivity contribution is -0.714. The Morgan fingerprint density at radius 1 is 1.63 bits per heavy atom. The summed E-state index contributed by atoms with van der Waals surface area (Å²) >= 11 is 0. The molecule has 2 N–H and O–H groups in total. The van der Waals surface area contributed by atoms with Crippen LogP contribution in [0.3, 0.4) is 0 Å². The molecule has 0 aromatic carbocycles. The molecule has 0 bridgehead atoms. The molecule has 0 aliphatic carbocycles. The maximum absolute atomic E-state index is 11.5. The third-order valence-electron chi connectivity index (χ3n) is 2.56. The summed E-state index contributed by atoms with van der Waals surface area (Å²) < 4.78 is 22.3. The van der Waals surface area contributed by atoms with Crippen molar-refractivity contribution < 1.29 is 28.2 Å². The van der Waals surface area contributed by atoms with Crippen LogP contribution in [0.5, 0.6) is 0 Å². The molecule has 0 amide bonds. The SMILES string of the molecule is CONS(=O)(=O)CCO/N=[N+](\[O-])N1CCC[C@H]1CO. The van der Waals surface area contributed by atoms with Crippen molar-refractivity contribution in [2.45, 2.75) is 18.9 Å². The molecule has 1 heterocycles. The molecule has 19 heavy (non-hydrogen) atoms. The fraction of sp³-hybridized carbons (Fsp3) is 1.00. The first-order chi connectivity index (χ1) is 9.00. The van der Waals surface area contributed by atoms with Crippen LogP contribution in [-0.4, -0.2) is 62.2 Å². The average molecular weight is 298 g/mol. The number of aliphatic hydroxyl groups excluding tert-OH is 1. The van der Waals surface area contributed by atoms with E-state index in [0.717, 1.165) is 6.42 Å². The van der Waals surface area contributed by atoms with Crippen molar-refractivity contribution in [1.29, 1.82) is 0 Å². The Balaban J connectivity index is 2.36. The molecule has 0 saturated carbocycles. The molecule has 1 aliphatic rings. The van der Waals surface area contributed by atoms with Gasteiger partial charge in [-0.15, -0.1) is 5.01 Å². The van der Waals surface area contributed by atoms with Crippen molar-refractivity contribution in [1.82, 2.24) is 9.89 Å². The number of nitrogens with zero attached hydrogens (tertiary/aromatic N) is 3. The Bertz CT molecular complexity index is 400. The number of sulfonamides is 1. The largest absolute Gasteiger partial charge is 0.569 e. The number of hydrogen-bond donors (Lipinski definition) is 2. The van der Waals surface area contributed by atoms with Crippen LogP contribution in [0.15, 0.2) is 5.28 Å². The first-order valence-corrected chi connectivity index (χ1v) is 7.35. The van der Waals surface area contributed by atoms with Crippen LogP contribution in [0.1, 0.15) is 12.8 Å². The average Bonchev–Trinajstić information content (AvgIpc) is 2.82. The molecule has 0 spiro atoms. The van der Waals surface area contributed by atoms with E-state index in [1.54, 1.807) is 4.89 Å². The molecule has 0 aromatic heterocycles. The van der Waals surface area contributed by atoms with E-state index < -0.39 is 10.0 Å². The van der Waals surface area contributed by atoms with Gasteiger partial charge in [-0.2, -0.15) is 0 Å². The van der Waals surface area contributed by atoms with Gasteiger partial charge in [0.15, 0.2) is 0 Å². The van der Waals surface area contributed by atoms with E-state index in [1.165, 1.54) is 12.1 Å². The second kappa shape index (κ2) is 7.43. The van der Waals surface area contributed by atoms with Crippen LogP contribution in [-0.2, 0) is 19.7 Å². The zero-order chi connectivity index (χ0) is 14.3. The molecular weight excluding hydrogens is 280 g/mol. The van der Waals surface area contributed by atoms with E-state index in [1.807, 2.05) is 0 Å². The van der Waals surface area contributed by atoms with Crippen molar-refractivity contribution in [2.75, 3.05) is 32.6 Å². The number of aliphatic hydroxyl groups is 1. The van der Waals surface area contributed by atoms with Gasteiger partial charge in [-0.1, -0.05) is 4.89 Å². The van der Waals surface area contributed by atoms with Gasteiger partial charge in [-0.05, 0) is 12.8 Å². The molecule has 112 valence electrons. The maximum Gasteiger partial charge on any atom is 0.236 e. The maximum atomic E-state index is 11.5. The van der Waals surface area contributed by atoms with Crippen LogP contribution >= 0.6 is 0 Å². The highest BCUT2D eigenvalue weighted by Crippen LogP contribution is 2.16. The van der Waals surface area contributed by atoms with Gasteiger partial charge in [0.25, 0.3) is 0 Å². The Hall–Kier alpha value is -1.17. The second-order valence-corrected chi connectivity index (χ2v) is 5.72. The normalized spacial score (nSPS) is 20.8. The van der Waals surface area contributed by atoms with Crippen molar-refractivity contribution in [3.8, 4) is 0 Å². The van der Waals surface area contributed by atoms with Gasteiger partial charge < -0.3 is 15.2 Å². The predicted octanol–water partition coefficient (Wildman–Crippen LogP) is -1.27. The van der Waals surface area contributed by atoms with Crippen LogP contribution in [0.4, 0.5) is 0 Å². The summed E-state index contributed by atoms with van der Waals surface area (Å²) in [5.74, 6) is -0.387. The lowest BCUT2D eigenvalue weighted by atomic mass is 10.2. The van der Waals surface area contributed by atoms with Gasteiger partial charge in [0.1, 0.15) is 18.4 Å². The van der Waals surface area contributed by atoms with E-state index in [9.17, 15) is 13.6 Å². The molecule has 0 unspecified atom stereocenters. The van der Waals surface area contributed by atoms with Gasteiger partial charge in [-0.3, -0.25) is 4.84 Å². The van der Waals surface area contributed by atoms with Gasteiger partial charge in [-0.25, -0.2) is 8.42 Å². The van der Waals surface area contributed by atoms with E-state index in [2.05, 4.69) is 15.0 Å². The summed E-state index contributed by atoms with van der Waals surface area (Å²) in [5, 5.41) is 25.1. The first kappa shape index (κ1) is 15.9. The Kier molecular flexibility index (Phi) is 6.21. The third kappa shape index (κ3) is 5.14. The van der Waals surface area contributed by atoms with Crippen LogP contribution < -0.4 is 4.89 Å². The molecule has 1 saturated heterocycles. The number of nitrogens with one attached hydrogen (secondary N) is 1. The summed E-state index contributed by atoms with van der Waals surface area (Å²) in [7, 11) is -2.42.